The van der Waals surface area contributed by atoms with E-state index in [1.165, 1.54) is 0 Å². The van der Waals surface area contributed by atoms with Gasteiger partial charge in [-0.15, -0.1) is 0 Å². The number of anilines is 1. The van der Waals surface area contributed by atoms with Gasteiger partial charge in [-0.1, -0.05) is 11.6 Å². The third kappa shape index (κ3) is 2.37. The molecule has 1 aromatic rings. The molecule has 1 aliphatic heterocycles. The van der Waals surface area contributed by atoms with Crippen LogP contribution in [0.2, 0.25) is 5.02 Å². The van der Waals surface area contributed by atoms with Gasteiger partial charge < -0.3 is 4.90 Å². The molecule has 0 aliphatic carbocycles. The molecule has 1 fully saturated rings. The number of hydrogen-bond acceptors (Lipinski definition) is 3. The summed E-state index contributed by atoms with van der Waals surface area (Å²) in [5.41, 5.74) is 1.48. The minimum Gasteiger partial charge on any atom is -0.369 e. The minimum absolute atomic E-state index is 0.622. The second-order valence-corrected chi connectivity index (χ2v) is 5.74. The average Bonchev–Trinajstić information content (AvgIpc) is 2.30. The second-order valence-electron chi connectivity index (χ2n) is 3.61. The predicted octanol–water partition coefficient (Wildman–Crippen LogP) is 1.78. The van der Waals surface area contributed by atoms with Crippen LogP contribution in [-0.4, -0.2) is 28.8 Å². The molecule has 0 unspecified atom stereocenters. The van der Waals surface area contributed by atoms with Gasteiger partial charge >= 0.3 is 0 Å². The van der Waals surface area contributed by atoms with Crippen LogP contribution in [0.5, 0.6) is 0 Å². The second kappa shape index (κ2) is 4.86. The molecule has 5 heteroatoms. The van der Waals surface area contributed by atoms with Crippen LogP contribution in [-0.2, 0) is 10.8 Å². The summed E-state index contributed by atoms with van der Waals surface area (Å²) in [6, 6.07) is 7.39. The molecule has 3 nitrogen and oxygen atoms in total. The van der Waals surface area contributed by atoms with Crippen LogP contribution in [0.4, 0.5) is 5.69 Å². The van der Waals surface area contributed by atoms with Crippen molar-refractivity contribution in [2.24, 2.45) is 0 Å². The first-order valence-corrected chi connectivity index (χ1v) is 6.87. The molecule has 0 spiro atoms. The predicted molar refractivity (Wildman–Crippen MR) is 66.3 cm³/mol. The van der Waals surface area contributed by atoms with Crippen molar-refractivity contribution in [3.63, 3.8) is 0 Å². The van der Waals surface area contributed by atoms with Gasteiger partial charge in [-0.3, -0.25) is 4.21 Å². The molecule has 1 heterocycles. The van der Waals surface area contributed by atoms with Crippen molar-refractivity contribution >= 4 is 28.1 Å². The summed E-state index contributed by atoms with van der Waals surface area (Å²) in [5, 5.41) is 9.64. The molecule has 1 aliphatic rings. The molecule has 1 aromatic carbocycles. The van der Waals surface area contributed by atoms with Gasteiger partial charge in [-0.05, 0) is 18.2 Å². The molecular weight excluding hydrogens is 244 g/mol. The van der Waals surface area contributed by atoms with Gasteiger partial charge in [0.25, 0.3) is 0 Å². The Morgan fingerprint density at radius 1 is 1.38 bits per heavy atom. The van der Waals surface area contributed by atoms with Crippen LogP contribution in [0.3, 0.4) is 0 Å². The summed E-state index contributed by atoms with van der Waals surface area (Å²) in [5.74, 6) is 1.33. The lowest BCUT2D eigenvalue weighted by Crippen LogP contribution is -2.38. The van der Waals surface area contributed by atoms with Crippen LogP contribution in [0, 0.1) is 11.3 Å². The minimum atomic E-state index is -0.706. The first-order chi connectivity index (χ1) is 7.70. The number of hydrogen-bond donors (Lipinski definition) is 0. The maximum absolute atomic E-state index is 11.3. The Morgan fingerprint density at radius 3 is 2.69 bits per heavy atom. The fourth-order valence-electron chi connectivity index (χ4n) is 1.74. The lowest BCUT2D eigenvalue weighted by molar-refractivity contribution is 0.673. The zero-order valence-corrected chi connectivity index (χ0v) is 10.2. The number of halogens is 1. The molecule has 0 saturated carbocycles. The van der Waals surface area contributed by atoms with Crippen molar-refractivity contribution in [3.8, 4) is 6.07 Å². The van der Waals surface area contributed by atoms with Gasteiger partial charge in [0.2, 0.25) is 0 Å². The Labute approximate surface area is 102 Å². The van der Waals surface area contributed by atoms with Gasteiger partial charge in [0.05, 0.1) is 11.3 Å². The van der Waals surface area contributed by atoms with Crippen molar-refractivity contribution in [1.29, 1.82) is 5.26 Å². The highest BCUT2D eigenvalue weighted by Crippen LogP contribution is 2.25. The third-order valence-corrected chi connectivity index (χ3v) is 4.11. The molecule has 0 aromatic heterocycles. The van der Waals surface area contributed by atoms with Gasteiger partial charge in [-0.2, -0.15) is 5.26 Å². The quantitative estimate of drug-likeness (QED) is 0.767. The third-order valence-electron chi connectivity index (χ3n) is 2.60. The fraction of sp³-hybridized carbons (Fsp3) is 0.364. The highest BCUT2D eigenvalue weighted by Gasteiger charge is 2.18. The molecule has 1 saturated heterocycles. The van der Waals surface area contributed by atoms with E-state index in [-0.39, 0.29) is 0 Å². The zero-order valence-electron chi connectivity index (χ0n) is 8.65. The Bertz CT molecular complexity index is 460. The zero-order chi connectivity index (χ0) is 11.5. The lowest BCUT2D eigenvalue weighted by Gasteiger charge is -2.29. The summed E-state index contributed by atoms with van der Waals surface area (Å²) >= 11 is 5.93. The molecule has 0 bridgehead atoms. The van der Waals surface area contributed by atoms with Crippen molar-refractivity contribution < 1.29 is 4.21 Å². The van der Waals surface area contributed by atoms with Gasteiger partial charge in [0, 0.05) is 40.4 Å². The highest BCUT2D eigenvalue weighted by molar-refractivity contribution is 7.85. The monoisotopic (exact) mass is 254 g/mol. The van der Waals surface area contributed by atoms with E-state index in [2.05, 4.69) is 11.0 Å². The standard InChI is InChI=1S/C11H11ClN2OS/c12-10-2-1-9(8-13)11(7-10)14-3-5-16(15)6-4-14/h1-2,7H,3-6H2. The van der Waals surface area contributed by atoms with Crippen LogP contribution in [0.25, 0.3) is 0 Å². The maximum Gasteiger partial charge on any atom is 0.101 e. The van der Waals surface area contributed by atoms with E-state index in [4.69, 9.17) is 16.9 Å². The Hall–Kier alpha value is -1.05. The van der Waals surface area contributed by atoms with Crippen molar-refractivity contribution in [1.82, 2.24) is 0 Å². The molecule has 2 rings (SSSR count). The van der Waals surface area contributed by atoms with Crippen LogP contribution < -0.4 is 4.90 Å². The van der Waals surface area contributed by atoms with Crippen molar-refractivity contribution in [2.45, 2.75) is 0 Å². The SMILES string of the molecule is N#Cc1ccc(Cl)cc1N1CCS(=O)CC1. The van der Waals surface area contributed by atoms with Crippen LogP contribution in [0.1, 0.15) is 5.56 Å². The van der Waals surface area contributed by atoms with E-state index in [0.717, 1.165) is 18.8 Å². The van der Waals surface area contributed by atoms with Gasteiger partial charge in [-0.25, -0.2) is 0 Å². The fourth-order valence-corrected chi connectivity index (χ4v) is 2.96. The van der Waals surface area contributed by atoms with Crippen LogP contribution in [0.15, 0.2) is 18.2 Å². The number of benzene rings is 1. The lowest BCUT2D eigenvalue weighted by atomic mass is 10.1. The number of nitriles is 1. The Kier molecular flexibility index (Phi) is 3.47. The first kappa shape index (κ1) is 11.4. The summed E-state index contributed by atoms with van der Waals surface area (Å²) in [6.45, 7) is 1.45. The first-order valence-electron chi connectivity index (χ1n) is 5.00. The number of rotatable bonds is 1. The topological polar surface area (TPSA) is 44.1 Å². The maximum atomic E-state index is 11.3. The largest absolute Gasteiger partial charge is 0.369 e. The van der Waals surface area contributed by atoms with Crippen molar-refractivity contribution in [3.05, 3.63) is 28.8 Å². The number of nitrogens with zero attached hydrogens (tertiary/aromatic N) is 2. The van der Waals surface area contributed by atoms with E-state index in [1.54, 1.807) is 18.2 Å². The molecule has 0 atom stereocenters. The van der Waals surface area contributed by atoms with E-state index in [0.29, 0.717) is 22.1 Å². The van der Waals surface area contributed by atoms with E-state index < -0.39 is 10.8 Å². The summed E-state index contributed by atoms with van der Waals surface area (Å²) in [6.07, 6.45) is 0. The summed E-state index contributed by atoms with van der Waals surface area (Å²) in [4.78, 5) is 2.08. The molecule has 0 N–H and O–H groups in total. The Balaban J connectivity index is 2.29. The summed E-state index contributed by atoms with van der Waals surface area (Å²) in [7, 11) is -0.706. The molecular formula is C11H11ClN2OS. The van der Waals surface area contributed by atoms with Gasteiger partial charge in [0.15, 0.2) is 0 Å². The van der Waals surface area contributed by atoms with Gasteiger partial charge in [0.1, 0.15) is 6.07 Å². The molecule has 0 amide bonds. The van der Waals surface area contributed by atoms with E-state index >= 15 is 0 Å². The van der Waals surface area contributed by atoms with E-state index in [1.807, 2.05) is 0 Å². The molecule has 84 valence electrons. The smallest absolute Gasteiger partial charge is 0.101 e. The van der Waals surface area contributed by atoms with E-state index in [9.17, 15) is 4.21 Å². The summed E-state index contributed by atoms with van der Waals surface area (Å²) < 4.78 is 11.3. The Morgan fingerprint density at radius 2 is 2.06 bits per heavy atom. The van der Waals surface area contributed by atoms with Crippen LogP contribution >= 0.6 is 11.6 Å². The highest BCUT2D eigenvalue weighted by atomic mass is 35.5. The van der Waals surface area contributed by atoms with Crippen molar-refractivity contribution in [2.75, 3.05) is 29.5 Å². The molecule has 0 radical (unpaired) electrons. The normalized spacial score (nSPS) is 17.1. The average molecular weight is 255 g/mol. The molecule has 16 heavy (non-hydrogen) atoms.